The van der Waals surface area contributed by atoms with Crippen molar-refractivity contribution in [2.75, 3.05) is 18.6 Å². The number of carbonyl (C=O) groups excluding carboxylic acids is 2. The van der Waals surface area contributed by atoms with E-state index in [9.17, 15) is 14.0 Å². The molecule has 5 nitrogen and oxygen atoms in total. The zero-order chi connectivity index (χ0) is 21.1. The third-order valence-electron chi connectivity index (χ3n) is 4.50. The molecule has 0 aromatic heterocycles. The molecule has 1 heterocycles. The van der Waals surface area contributed by atoms with Gasteiger partial charge in [0, 0.05) is 16.9 Å². The van der Waals surface area contributed by atoms with Crippen LogP contribution in [0, 0.1) is 5.82 Å². The van der Waals surface area contributed by atoms with E-state index in [-0.39, 0.29) is 28.3 Å². The maximum atomic E-state index is 14.3. The number of allylic oxidation sites excluding steroid dienone is 1. The van der Waals surface area contributed by atoms with E-state index in [0.29, 0.717) is 17.1 Å². The molecular weight excluding hydrogens is 397 g/mol. The lowest BCUT2D eigenvalue weighted by molar-refractivity contribution is -0.138. The van der Waals surface area contributed by atoms with Crippen LogP contribution in [0.2, 0.25) is 5.02 Å². The molecule has 0 bridgehead atoms. The van der Waals surface area contributed by atoms with E-state index in [1.807, 2.05) is 0 Å². The molecule has 7 heteroatoms. The molecular formula is C22H19ClFNO4. The first-order valence-corrected chi connectivity index (χ1v) is 9.29. The molecule has 2 aromatic carbocycles. The summed E-state index contributed by atoms with van der Waals surface area (Å²) in [5.74, 6) is -1.11. The summed E-state index contributed by atoms with van der Waals surface area (Å²) in [4.78, 5) is 27.2. The quantitative estimate of drug-likeness (QED) is 0.522. The number of hydrogen-bond acceptors (Lipinski definition) is 4. The van der Waals surface area contributed by atoms with Gasteiger partial charge in [-0.15, -0.1) is 0 Å². The first-order valence-electron chi connectivity index (χ1n) is 8.91. The van der Waals surface area contributed by atoms with Gasteiger partial charge in [0.25, 0.3) is 5.91 Å². The Labute approximate surface area is 173 Å². The molecule has 0 aliphatic carbocycles. The highest BCUT2D eigenvalue weighted by molar-refractivity contribution is 6.32. The Morgan fingerprint density at radius 1 is 1.21 bits per heavy atom. The van der Waals surface area contributed by atoms with Gasteiger partial charge in [-0.05, 0) is 56.3 Å². The van der Waals surface area contributed by atoms with Crippen LogP contribution in [0.25, 0.3) is 6.08 Å². The van der Waals surface area contributed by atoms with Crippen LogP contribution in [-0.2, 0) is 14.3 Å². The topological polar surface area (TPSA) is 55.8 Å². The summed E-state index contributed by atoms with van der Waals surface area (Å²) < 4.78 is 24.6. The Morgan fingerprint density at radius 2 is 1.90 bits per heavy atom. The molecule has 0 radical (unpaired) electrons. The Kier molecular flexibility index (Phi) is 6.03. The predicted octanol–water partition coefficient (Wildman–Crippen LogP) is 4.76. The van der Waals surface area contributed by atoms with E-state index in [0.717, 1.165) is 0 Å². The minimum atomic E-state index is -0.659. The molecule has 29 heavy (non-hydrogen) atoms. The summed E-state index contributed by atoms with van der Waals surface area (Å²) >= 11 is 6.11. The number of nitrogens with zero attached hydrogens (tertiary/aromatic N) is 1. The molecule has 0 saturated heterocycles. The van der Waals surface area contributed by atoms with E-state index >= 15 is 0 Å². The van der Waals surface area contributed by atoms with Crippen LogP contribution in [-0.4, -0.2) is 25.6 Å². The number of benzene rings is 2. The SMILES string of the molecule is CCOC(=O)C1=C(C)N(c2ccc(OC)cc2)C(=O)C1=Cc1c(F)cccc1Cl. The van der Waals surface area contributed by atoms with Crippen molar-refractivity contribution in [1.82, 2.24) is 0 Å². The van der Waals surface area contributed by atoms with Crippen LogP contribution in [0.5, 0.6) is 5.75 Å². The third kappa shape index (κ3) is 3.89. The van der Waals surface area contributed by atoms with E-state index in [2.05, 4.69) is 0 Å². The monoisotopic (exact) mass is 415 g/mol. The molecule has 0 saturated carbocycles. The number of hydrogen-bond donors (Lipinski definition) is 0. The van der Waals surface area contributed by atoms with Crippen LogP contribution in [0.4, 0.5) is 10.1 Å². The Bertz CT molecular complexity index is 1010. The van der Waals surface area contributed by atoms with E-state index < -0.39 is 17.7 Å². The van der Waals surface area contributed by atoms with Crippen molar-refractivity contribution in [2.45, 2.75) is 13.8 Å². The number of carbonyl (C=O) groups is 2. The average Bonchev–Trinajstić information content (AvgIpc) is 2.95. The van der Waals surface area contributed by atoms with Crippen molar-refractivity contribution in [2.24, 2.45) is 0 Å². The summed E-state index contributed by atoms with van der Waals surface area (Å²) in [6.45, 7) is 3.45. The molecule has 150 valence electrons. The van der Waals surface area contributed by atoms with Crippen LogP contribution in [0.1, 0.15) is 19.4 Å². The highest BCUT2D eigenvalue weighted by Gasteiger charge is 2.38. The average molecular weight is 416 g/mol. The number of methoxy groups -OCH3 is 1. The lowest BCUT2D eigenvalue weighted by Gasteiger charge is -2.18. The minimum absolute atomic E-state index is 0.0174. The van der Waals surface area contributed by atoms with Crippen LogP contribution >= 0.6 is 11.6 Å². The van der Waals surface area contributed by atoms with E-state index in [1.165, 1.54) is 29.2 Å². The molecule has 1 aliphatic heterocycles. The standard InChI is InChI=1S/C22H19ClFNO4/c1-4-29-22(27)20-13(2)25(14-8-10-15(28-3)11-9-14)21(26)17(20)12-16-18(23)6-5-7-19(16)24/h5-12H,4H2,1-3H3. The number of ether oxygens (including phenoxy) is 2. The van der Waals surface area contributed by atoms with Gasteiger partial charge in [0.05, 0.1) is 29.9 Å². The molecule has 0 atom stereocenters. The fourth-order valence-electron chi connectivity index (χ4n) is 3.12. The fourth-order valence-corrected chi connectivity index (χ4v) is 3.33. The van der Waals surface area contributed by atoms with Crippen molar-refractivity contribution in [1.29, 1.82) is 0 Å². The van der Waals surface area contributed by atoms with Crippen molar-refractivity contribution in [3.63, 3.8) is 0 Å². The molecule has 2 aromatic rings. The summed E-state index contributed by atoms with van der Waals surface area (Å²) in [6, 6.07) is 11.0. The number of rotatable bonds is 5. The van der Waals surface area contributed by atoms with Gasteiger partial charge in [0.1, 0.15) is 11.6 Å². The van der Waals surface area contributed by atoms with Gasteiger partial charge in [0.15, 0.2) is 0 Å². The maximum absolute atomic E-state index is 14.3. The molecule has 0 N–H and O–H groups in total. The lowest BCUT2D eigenvalue weighted by Crippen LogP contribution is -2.24. The molecule has 0 unspecified atom stereocenters. The molecule has 0 fully saturated rings. The predicted molar refractivity (Wildman–Crippen MR) is 109 cm³/mol. The molecule has 1 amide bonds. The largest absolute Gasteiger partial charge is 0.497 e. The fraction of sp³-hybridized carbons (Fsp3) is 0.182. The zero-order valence-corrected chi connectivity index (χ0v) is 16.9. The minimum Gasteiger partial charge on any atom is -0.497 e. The Morgan fingerprint density at radius 3 is 2.48 bits per heavy atom. The maximum Gasteiger partial charge on any atom is 0.340 e. The van der Waals surface area contributed by atoms with Gasteiger partial charge in [-0.25, -0.2) is 9.18 Å². The molecule has 3 rings (SSSR count). The van der Waals surface area contributed by atoms with Gasteiger partial charge in [-0.3, -0.25) is 9.69 Å². The van der Waals surface area contributed by atoms with Crippen molar-refractivity contribution < 1.29 is 23.5 Å². The normalized spacial score (nSPS) is 15.3. The summed E-state index contributed by atoms with van der Waals surface area (Å²) in [5, 5.41) is 0.133. The van der Waals surface area contributed by atoms with Gasteiger partial charge in [0.2, 0.25) is 0 Å². The first-order chi connectivity index (χ1) is 13.9. The highest BCUT2D eigenvalue weighted by Crippen LogP contribution is 2.37. The van der Waals surface area contributed by atoms with Crippen molar-refractivity contribution in [3.05, 3.63) is 75.7 Å². The van der Waals surface area contributed by atoms with Crippen LogP contribution < -0.4 is 9.64 Å². The number of esters is 1. The Hall–Kier alpha value is -3.12. The molecule has 1 aliphatic rings. The summed E-state index contributed by atoms with van der Waals surface area (Å²) in [6.07, 6.45) is 1.29. The van der Waals surface area contributed by atoms with Gasteiger partial charge in [-0.1, -0.05) is 17.7 Å². The van der Waals surface area contributed by atoms with Crippen molar-refractivity contribution in [3.8, 4) is 5.75 Å². The summed E-state index contributed by atoms with van der Waals surface area (Å²) in [7, 11) is 1.54. The first kappa shape index (κ1) is 20.6. The second-order valence-corrected chi connectivity index (χ2v) is 6.62. The van der Waals surface area contributed by atoms with Crippen molar-refractivity contribution >= 4 is 35.2 Å². The third-order valence-corrected chi connectivity index (χ3v) is 4.83. The number of halogens is 2. The van der Waals surface area contributed by atoms with Crippen LogP contribution in [0.3, 0.4) is 0 Å². The van der Waals surface area contributed by atoms with Gasteiger partial charge < -0.3 is 9.47 Å². The molecule has 0 spiro atoms. The smallest absolute Gasteiger partial charge is 0.340 e. The summed E-state index contributed by atoms with van der Waals surface area (Å²) in [5.41, 5.74) is 1.05. The van der Waals surface area contributed by atoms with E-state index in [1.54, 1.807) is 45.2 Å². The van der Waals surface area contributed by atoms with Gasteiger partial charge >= 0.3 is 5.97 Å². The number of anilines is 1. The second-order valence-electron chi connectivity index (χ2n) is 6.21. The number of amides is 1. The zero-order valence-electron chi connectivity index (χ0n) is 16.2. The Balaban J connectivity index is 2.16. The van der Waals surface area contributed by atoms with E-state index in [4.69, 9.17) is 21.1 Å². The van der Waals surface area contributed by atoms with Gasteiger partial charge in [-0.2, -0.15) is 0 Å². The van der Waals surface area contributed by atoms with Crippen LogP contribution in [0.15, 0.2) is 59.3 Å². The highest BCUT2D eigenvalue weighted by atomic mass is 35.5. The lowest BCUT2D eigenvalue weighted by atomic mass is 10.0. The second kappa shape index (κ2) is 8.49.